The Morgan fingerprint density at radius 1 is 1.27 bits per heavy atom. The van der Waals surface area contributed by atoms with Crippen LogP contribution in [0.15, 0.2) is 24.3 Å². The molecule has 0 spiro atoms. The highest BCUT2D eigenvalue weighted by Gasteiger charge is 2.32. The van der Waals surface area contributed by atoms with Gasteiger partial charge in [0.1, 0.15) is 0 Å². The Kier molecular flexibility index (Phi) is 4.85. The maximum Gasteiger partial charge on any atom is 0.338 e. The van der Waals surface area contributed by atoms with Gasteiger partial charge in [-0.1, -0.05) is 17.7 Å². The molecule has 1 saturated heterocycles. The van der Waals surface area contributed by atoms with Crippen molar-refractivity contribution >= 4 is 21.7 Å². The van der Waals surface area contributed by atoms with Crippen LogP contribution >= 0.6 is 0 Å². The van der Waals surface area contributed by atoms with Crippen LogP contribution in [0.5, 0.6) is 0 Å². The van der Waals surface area contributed by atoms with Crippen molar-refractivity contribution in [2.24, 2.45) is 0 Å². The molecule has 0 N–H and O–H groups in total. The first kappa shape index (κ1) is 16.5. The third-order valence-corrected chi connectivity index (χ3v) is 5.51. The minimum atomic E-state index is -3.05. The molecule has 1 aliphatic rings. The third kappa shape index (κ3) is 4.07. The van der Waals surface area contributed by atoms with Gasteiger partial charge in [0, 0.05) is 13.1 Å². The molecule has 1 amide bonds. The van der Waals surface area contributed by atoms with E-state index in [4.69, 9.17) is 4.74 Å². The van der Waals surface area contributed by atoms with E-state index >= 15 is 0 Å². The zero-order valence-corrected chi connectivity index (χ0v) is 13.4. The highest BCUT2D eigenvalue weighted by Crippen LogP contribution is 2.16. The topological polar surface area (TPSA) is 80.8 Å². The molecule has 0 aliphatic carbocycles. The van der Waals surface area contributed by atoms with Gasteiger partial charge in [0.2, 0.25) is 0 Å². The number of esters is 1. The number of likely N-dealkylation sites (N-methyl/N-ethyl adjacent to an activating group) is 1. The SMILES string of the molecule is Cc1ccc(C(=O)OCC(=O)N(C)[C@@H]2CCS(=O)(=O)C2)cc1. The summed E-state index contributed by atoms with van der Waals surface area (Å²) in [5, 5.41) is 0. The minimum Gasteiger partial charge on any atom is -0.452 e. The van der Waals surface area contributed by atoms with Gasteiger partial charge in [0.25, 0.3) is 5.91 Å². The van der Waals surface area contributed by atoms with E-state index in [1.807, 2.05) is 6.92 Å². The van der Waals surface area contributed by atoms with Gasteiger partial charge >= 0.3 is 5.97 Å². The zero-order valence-electron chi connectivity index (χ0n) is 12.6. The summed E-state index contributed by atoms with van der Waals surface area (Å²) in [5.74, 6) is -0.900. The predicted octanol–water partition coefficient (Wildman–Crippen LogP) is 0.797. The Bertz CT molecular complexity index is 666. The molecular formula is C15H19NO5S. The lowest BCUT2D eigenvalue weighted by atomic mass is 10.1. The molecule has 0 unspecified atom stereocenters. The molecule has 0 aromatic heterocycles. The number of hydrogen-bond donors (Lipinski definition) is 0. The average Bonchev–Trinajstić information content (AvgIpc) is 2.84. The number of amides is 1. The molecule has 0 bridgehead atoms. The largest absolute Gasteiger partial charge is 0.452 e. The molecular weight excluding hydrogens is 306 g/mol. The van der Waals surface area contributed by atoms with E-state index in [-0.39, 0.29) is 24.2 Å². The molecule has 1 aromatic carbocycles. The predicted molar refractivity (Wildman–Crippen MR) is 81.3 cm³/mol. The summed E-state index contributed by atoms with van der Waals surface area (Å²) in [6, 6.07) is 6.50. The van der Waals surface area contributed by atoms with Gasteiger partial charge in [0.15, 0.2) is 16.4 Å². The van der Waals surface area contributed by atoms with Gasteiger partial charge in [-0.2, -0.15) is 0 Å². The van der Waals surface area contributed by atoms with Crippen LogP contribution in [0.2, 0.25) is 0 Å². The van der Waals surface area contributed by atoms with Gasteiger partial charge in [-0.15, -0.1) is 0 Å². The molecule has 1 aromatic rings. The number of nitrogens with zero attached hydrogens (tertiary/aromatic N) is 1. The second kappa shape index (κ2) is 6.48. The Morgan fingerprint density at radius 2 is 1.91 bits per heavy atom. The summed E-state index contributed by atoms with van der Waals surface area (Å²) in [4.78, 5) is 25.2. The van der Waals surface area contributed by atoms with Crippen molar-refractivity contribution in [3.05, 3.63) is 35.4 Å². The van der Waals surface area contributed by atoms with Crippen LogP contribution < -0.4 is 0 Å². The van der Waals surface area contributed by atoms with Gasteiger partial charge in [0.05, 0.1) is 17.1 Å². The lowest BCUT2D eigenvalue weighted by Gasteiger charge is -2.23. The molecule has 22 heavy (non-hydrogen) atoms. The van der Waals surface area contributed by atoms with Crippen LogP contribution in [0, 0.1) is 6.92 Å². The van der Waals surface area contributed by atoms with E-state index in [2.05, 4.69) is 0 Å². The second-order valence-electron chi connectivity index (χ2n) is 5.50. The van der Waals surface area contributed by atoms with Gasteiger partial charge in [-0.25, -0.2) is 13.2 Å². The summed E-state index contributed by atoms with van der Waals surface area (Å²) < 4.78 is 27.8. The van der Waals surface area contributed by atoms with Crippen molar-refractivity contribution in [1.82, 2.24) is 4.90 Å². The Morgan fingerprint density at radius 3 is 2.45 bits per heavy atom. The first-order valence-electron chi connectivity index (χ1n) is 6.98. The van der Waals surface area contributed by atoms with E-state index in [1.165, 1.54) is 11.9 Å². The molecule has 1 fully saturated rings. The Labute approximate surface area is 130 Å². The fraction of sp³-hybridized carbons (Fsp3) is 0.467. The minimum absolute atomic E-state index is 0.0266. The fourth-order valence-electron chi connectivity index (χ4n) is 2.29. The Hall–Kier alpha value is -1.89. The first-order chi connectivity index (χ1) is 10.3. The molecule has 1 heterocycles. The van der Waals surface area contributed by atoms with Gasteiger partial charge < -0.3 is 9.64 Å². The number of carbonyl (C=O) groups is 2. The van der Waals surface area contributed by atoms with Crippen molar-refractivity contribution in [2.45, 2.75) is 19.4 Å². The number of benzene rings is 1. The maximum absolute atomic E-state index is 12.0. The van der Waals surface area contributed by atoms with E-state index in [1.54, 1.807) is 24.3 Å². The number of rotatable bonds is 4. The zero-order chi connectivity index (χ0) is 16.3. The van der Waals surface area contributed by atoms with Crippen LogP contribution in [0.25, 0.3) is 0 Å². The summed E-state index contributed by atoms with van der Waals surface area (Å²) >= 11 is 0. The highest BCUT2D eigenvalue weighted by molar-refractivity contribution is 7.91. The number of hydrogen-bond acceptors (Lipinski definition) is 5. The average molecular weight is 325 g/mol. The van der Waals surface area contributed by atoms with Gasteiger partial charge in [-0.3, -0.25) is 4.79 Å². The molecule has 2 rings (SSSR count). The number of sulfone groups is 1. The molecule has 7 heteroatoms. The normalized spacial score (nSPS) is 19.6. The van der Waals surface area contributed by atoms with Crippen molar-refractivity contribution in [2.75, 3.05) is 25.2 Å². The molecule has 0 saturated carbocycles. The van der Waals surface area contributed by atoms with E-state index < -0.39 is 21.7 Å². The van der Waals surface area contributed by atoms with Crippen LogP contribution in [0.1, 0.15) is 22.3 Å². The van der Waals surface area contributed by atoms with E-state index in [9.17, 15) is 18.0 Å². The lowest BCUT2D eigenvalue weighted by Crippen LogP contribution is -2.40. The van der Waals surface area contributed by atoms with Crippen LogP contribution in [-0.2, 0) is 19.4 Å². The molecule has 0 radical (unpaired) electrons. The number of aryl methyl sites for hydroxylation is 1. The highest BCUT2D eigenvalue weighted by atomic mass is 32.2. The first-order valence-corrected chi connectivity index (χ1v) is 8.80. The monoisotopic (exact) mass is 325 g/mol. The van der Waals surface area contributed by atoms with Crippen molar-refractivity contribution < 1.29 is 22.7 Å². The number of ether oxygens (including phenoxy) is 1. The summed E-state index contributed by atoms with van der Waals surface area (Å²) in [5.41, 5.74) is 1.40. The molecule has 1 atom stereocenters. The van der Waals surface area contributed by atoms with Crippen LogP contribution in [-0.4, -0.2) is 56.4 Å². The fourth-order valence-corrected chi connectivity index (χ4v) is 4.06. The lowest BCUT2D eigenvalue weighted by molar-refractivity contribution is -0.134. The second-order valence-corrected chi connectivity index (χ2v) is 7.73. The quantitative estimate of drug-likeness (QED) is 0.765. The molecule has 1 aliphatic heterocycles. The maximum atomic E-state index is 12.0. The Balaban J connectivity index is 1.87. The van der Waals surface area contributed by atoms with Crippen molar-refractivity contribution in [1.29, 1.82) is 0 Å². The third-order valence-electron chi connectivity index (χ3n) is 3.76. The van der Waals surface area contributed by atoms with Gasteiger partial charge in [-0.05, 0) is 25.5 Å². The van der Waals surface area contributed by atoms with Crippen molar-refractivity contribution in [3.8, 4) is 0 Å². The summed E-state index contributed by atoms with van der Waals surface area (Å²) in [6.07, 6.45) is 0.427. The molecule has 6 nitrogen and oxygen atoms in total. The number of carbonyl (C=O) groups excluding carboxylic acids is 2. The molecule has 120 valence electrons. The summed E-state index contributed by atoms with van der Waals surface area (Å²) in [6.45, 7) is 1.52. The smallest absolute Gasteiger partial charge is 0.338 e. The van der Waals surface area contributed by atoms with Crippen molar-refractivity contribution in [3.63, 3.8) is 0 Å². The summed E-state index contributed by atoms with van der Waals surface area (Å²) in [7, 11) is -1.52. The van der Waals surface area contributed by atoms with E-state index in [0.717, 1.165) is 5.56 Å². The standard InChI is InChI=1S/C15H19NO5S/c1-11-3-5-12(6-4-11)15(18)21-9-14(17)16(2)13-7-8-22(19,20)10-13/h3-6,13H,7-10H2,1-2H3/t13-/m1/s1. The van der Waals surface area contributed by atoms with Crippen LogP contribution in [0.3, 0.4) is 0 Å². The van der Waals surface area contributed by atoms with E-state index in [0.29, 0.717) is 12.0 Å². The van der Waals surface area contributed by atoms with Crippen LogP contribution in [0.4, 0.5) is 0 Å².